The summed E-state index contributed by atoms with van der Waals surface area (Å²) in [5.74, 6) is -0.558. The smallest absolute Gasteiger partial charge is 0.328 e. The van der Waals surface area contributed by atoms with Gasteiger partial charge in [-0.05, 0) is 16.3 Å². The van der Waals surface area contributed by atoms with Crippen LogP contribution in [0.5, 0.6) is 0 Å². The Labute approximate surface area is 87.5 Å². The maximum Gasteiger partial charge on any atom is 0.328 e. The van der Waals surface area contributed by atoms with Gasteiger partial charge in [0.1, 0.15) is 0 Å². The van der Waals surface area contributed by atoms with E-state index in [1.54, 1.807) is 23.6 Å². The average molecular weight is 221 g/mol. The second-order valence-corrected chi connectivity index (χ2v) is 3.49. The van der Waals surface area contributed by atoms with E-state index in [1.165, 1.54) is 11.3 Å². The Balaban J connectivity index is 2.51. The molecular formula is C8H3N3O3S. The molecule has 0 radical (unpaired) electrons. The normalized spacial score (nSPS) is 9.80. The number of hydrogen-bond acceptors (Lipinski definition) is 6. The van der Waals surface area contributed by atoms with Gasteiger partial charge in [0.2, 0.25) is 0 Å². The highest BCUT2D eigenvalue weighted by atomic mass is 32.1. The second kappa shape index (κ2) is 3.51. The highest BCUT2D eigenvalue weighted by Gasteiger charge is 2.28. The number of ketones is 1. The molecule has 0 aromatic carbocycles. The van der Waals surface area contributed by atoms with Gasteiger partial charge in [0.15, 0.2) is 6.07 Å². The molecule has 2 aromatic heterocycles. The minimum absolute atomic E-state index is 0.0550. The van der Waals surface area contributed by atoms with Gasteiger partial charge in [0.25, 0.3) is 11.5 Å². The van der Waals surface area contributed by atoms with Gasteiger partial charge in [-0.3, -0.25) is 9.42 Å². The summed E-state index contributed by atoms with van der Waals surface area (Å²) in [6.45, 7) is 0. The van der Waals surface area contributed by atoms with Gasteiger partial charge in [-0.15, -0.1) is 11.3 Å². The fourth-order valence-electron chi connectivity index (χ4n) is 1.04. The van der Waals surface area contributed by atoms with E-state index in [1.807, 2.05) is 0 Å². The van der Waals surface area contributed by atoms with Gasteiger partial charge in [-0.1, -0.05) is 6.07 Å². The van der Waals surface area contributed by atoms with Gasteiger partial charge in [-0.25, -0.2) is 0 Å². The van der Waals surface area contributed by atoms with E-state index in [9.17, 15) is 10.0 Å². The van der Waals surface area contributed by atoms with E-state index in [-0.39, 0.29) is 16.3 Å². The molecule has 7 heteroatoms. The third-order valence-electron chi connectivity index (χ3n) is 1.68. The quantitative estimate of drug-likeness (QED) is 0.542. The number of hydrogen-bond donors (Lipinski definition) is 0. The summed E-state index contributed by atoms with van der Waals surface area (Å²) in [5, 5.41) is 24.5. The molecule has 0 saturated carbocycles. The molecule has 0 unspecified atom stereocenters. The van der Waals surface area contributed by atoms with E-state index in [0.29, 0.717) is 4.88 Å². The molecule has 0 aliphatic rings. The van der Waals surface area contributed by atoms with Crippen LogP contribution in [0.25, 0.3) is 0 Å². The minimum atomic E-state index is -0.558. The molecule has 0 amide bonds. The Morgan fingerprint density at radius 1 is 1.73 bits per heavy atom. The lowest BCUT2D eigenvalue weighted by Crippen LogP contribution is -2.31. The molecule has 0 N–H and O–H groups in total. The molecule has 0 fully saturated rings. The van der Waals surface area contributed by atoms with Crippen molar-refractivity contribution in [1.29, 1.82) is 5.26 Å². The van der Waals surface area contributed by atoms with Crippen LogP contribution < -0.4 is 4.90 Å². The molecule has 0 bridgehead atoms. The summed E-state index contributed by atoms with van der Waals surface area (Å²) in [6, 6.07) is 4.85. The Bertz CT molecular complexity index is 538. The predicted molar refractivity (Wildman–Crippen MR) is 47.9 cm³/mol. The maximum atomic E-state index is 11.7. The number of thiophene rings is 1. The number of carbonyl (C=O) groups excluding carboxylic acids is 1. The van der Waals surface area contributed by atoms with E-state index in [0.717, 1.165) is 0 Å². The van der Waals surface area contributed by atoms with Crippen molar-refractivity contribution in [2.24, 2.45) is 0 Å². The molecule has 2 heterocycles. The van der Waals surface area contributed by atoms with Crippen molar-refractivity contribution in [3.8, 4) is 6.07 Å². The highest BCUT2D eigenvalue weighted by Crippen LogP contribution is 2.14. The lowest BCUT2D eigenvalue weighted by atomic mass is 10.2. The molecule has 0 aliphatic heterocycles. The predicted octanol–water partition coefficient (Wildman–Crippen LogP) is 0.472. The van der Waals surface area contributed by atoms with Crippen LogP contribution in [0.15, 0.2) is 22.1 Å². The number of aromatic nitrogens is 2. The molecule has 2 aromatic rings. The van der Waals surface area contributed by atoms with Crippen LogP contribution in [-0.4, -0.2) is 10.9 Å². The van der Waals surface area contributed by atoms with Crippen LogP contribution in [0.4, 0.5) is 0 Å². The van der Waals surface area contributed by atoms with E-state index in [2.05, 4.69) is 9.79 Å². The standard InChI is InChI=1S/C8H3N3O3S/c9-4-5-7(11(13)14-10-5)8(12)6-2-1-3-15-6/h1-3H. The second-order valence-electron chi connectivity index (χ2n) is 2.55. The summed E-state index contributed by atoms with van der Waals surface area (Å²) >= 11 is 1.18. The summed E-state index contributed by atoms with van der Waals surface area (Å²) < 4.78 is 4.18. The monoisotopic (exact) mass is 221 g/mol. The first-order valence-electron chi connectivity index (χ1n) is 3.82. The average Bonchev–Trinajstić information content (AvgIpc) is 2.85. The summed E-state index contributed by atoms with van der Waals surface area (Å²) in [7, 11) is 0. The Hall–Kier alpha value is -2.20. The first-order chi connectivity index (χ1) is 7.24. The van der Waals surface area contributed by atoms with Crippen molar-refractivity contribution in [2.45, 2.75) is 0 Å². The molecule has 0 spiro atoms. The van der Waals surface area contributed by atoms with Gasteiger partial charge in [0, 0.05) is 0 Å². The lowest BCUT2D eigenvalue weighted by molar-refractivity contribution is -0.803. The molecule has 0 saturated heterocycles. The Morgan fingerprint density at radius 2 is 2.53 bits per heavy atom. The number of nitriles is 1. The van der Waals surface area contributed by atoms with Crippen molar-refractivity contribution in [2.75, 3.05) is 0 Å². The molecule has 0 aliphatic carbocycles. The topological polar surface area (TPSA) is 93.8 Å². The third-order valence-corrected chi connectivity index (χ3v) is 2.55. The summed E-state index contributed by atoms with van der Waals surface area (Å²) in [6.07, 6.45) is 0. The van der Waals surface area contributed by atoms with Gasteiger partial charge in [0.05, 0.1) is 10.0 Å². The van der Waals surface area contributed by atoms with Crippen LogP contribution in [0.3, 0.4) is 0 Å². The fourth-order valence-corrected chi connectivity index (χ4v) is 1.70. The van der Waals surface area contributed by atoms with Crippen molar-refractivity contribution >= 4 is 17.1 Å². The maximum absolute atomic E-state index is 11.7. The zero-order chi connectivity index (χ0) is 10.8. The molecule has 6 nitrogen and oxygen atoms in total. The minimum Gasteiger partial charge on any atom is -0.359 e. The van der Waals surface area contributed by atoms with Crippen molar-refractivity contribution in [3.05, 3.63) is 39.0 Å². The third kappa shape index (κ3) is 1.47. The van der Waals surface area contributed by atoms with Gasteiger partial charge < -0.3 is 5.21 Å². The number of rotatable bonds is 2. The number of nitrogens with zero attached hydrogens (tertiary/aromatic N) is 3. The highest BCUT2D eigenvalue weighted by molar-refractivity contribution is 7.12. The van der Waals surface area contributed by atoms with Crippen molar-refractivity contribution in [3.63, 3.8) is 0 Å². The zero-order valence-electron chi connectivity index (χ0n) is 7.21. The van der Waals surface area contributed by atoms with Crippen LogP contribution in [-0.2, 0) is 0 Å². The van der Waals surface area contributed by atoms with Crippen molar-refractivity contribution in [1.82, 2.24) is 5.16 Å². The zero-order valence-corrected chi connectivity index (χ0v) is 8.02. The first kappa shape index (κ1) is 9.36. The fraction of sp³-hybridized carbons (Fsp3) is 0. The molecule has 0 atom stereocenters. The molecule has 15 heavy (non-hydrogen) atoms. The molecule has 74 valence electrons. The SMILES string of the molecule is N#Cc1no[n+]([O-])c1C(=O)c1cccs1. The van der Waals surface area contributed by atoms with E-state index < -0.39 is 5.78 Å². The Kier molecular flexibility index (Phi) is 2.19. The first-order valence-corrected chi connectivity index (χ1v) is 4.70. The van der Waals surface area contributed by atoms with Gasteiger partial charge in [-0.2, -0.15) is 5.26 Å². The lowest BCUT2D eigenvalue weighted by Gasteiger charge is -1.91. The van der Waals surface area contributed by atoms with Crippen LogP contribution in [0, 0.1) is 16.5 Å². The summed E-state index contributed by atoms with van der Waals surface area (Å²) in [5.41, 5.74) is -0.677. The molecule has 2 rings (SSSR count). The van der Waals surface area contributed by atoms with E-state index in [4.69, 9.17) is 5.26 Å². The summed E-state index contributed by atoms with van der Waals surface area (Å²) in [4.78, 5) is 12.0. The van der Waals surface area contributed by atoms with Crippen LogP contribution >= 0.6 is 11.3 Å². The number of carbonyl (C=O) groups is 1. The van der Waals surface area contributed by atoms with Crippen molar-refractivity contribution < 1.29 is 14.3 Å². The van der Waals surface area contributed by atoms with Crippen LogP contribution in [0.2, 0.25) is 0 Å². The molecular weight excluding hydrogens is 218 g/mol. The largest absolute Gasteiger partial charge is 0.359 e. The van der Waals surface area contributed by atoms with E-state index >= 15 is 0 Å². The van der Waals surface area contributed by atoms with Crippen LogP contribution in [0.1, 0.15) is 21.1 Å². The Morgan fingerprint density at radius 3 is 3.13 bits per heavy atom. The van der Waals surface area contributed by atoms with Gasteiger partial charge >= 0.3 is 5.69 Å².